The first kappa shape index (κ1) is 11.8. The second-order valence-electron chi connectivity index (χ2n) is 4.07. The van der Waals surface area contributed by atoms with Crippen LogP contribution in [0.2, 0.25) is 0 Å². The monoisotopic (exact) mass is 233 g/mol. The number of halogens is 1. The third kappa shape index (κ3) is 2.22. The molecule has 1 aromatic carbocycles. The van der Waals surface area contributed by atoms with Crippen LogP contribution < -0.4 is 5.73 Å². The van der Waals surface area contributed by atoms with Crippen molar-refractivity contribution in [2.75, 3.05) is 6.54 Å². The molecule has 1 heterocycles. The van der Waals surface area contributed by atoms with Crippen LogP contribution in [0.3, 0.4) is 0 Å². The van der Waals surface area contributed by atoms with Crippen LogP contribution in [0.15, 0.2) is 24.3 Å². The molecule has 0 aliphatic rings. The Kier molecular flexibility index (Phi) is 3.24. The van der Waals surface area contributed by atoms with Gasteiger partial charge in [-0.15, -0.1) is 0 Å². The Morgan fingerprint density at radius 2 is 1.94 bits per heavy atom. The van der Waals surface area contributed by atoms with Crippen LogP contribution in [-0.2, 0) is 13.5 Å². The van der Waals surface area contributed by atoms with Crippen molar-refractivity contribution in [3.8, 4) is 11.4 Å². The van der Waals surface area contributed by atoms with Gasteiger partial charge in [-0.05, 0) is 37.7 Å². The highest BCUT2D eigenvalue weighted by atomic mass is 19.1. The summed E-state index contributed by atoms with van der Waals surface area (Å²) in [5.41, 5.74) is 8.61. The number of imidazole rings is 1. The highest BCUT2D eigenvalue weighted by Gasteiger charge is 2.12. The molecule has 90 valence electrons. The molecule has 0 saturated heterocycles. The molecule has 0 unspecified atom stereocenters. The highest BCUT2D eigenvalue weighted by molar-refractivity contribution is 5.56. The zero-order valence-corrected chi connectivity index (χ0v) is 10.1. The van der Waals surface area contributed by atoms with E-state index >= 15 is 0 Å². The number of benzene rings is 1. The first-order valence-electron chi connectivity index (χ1n) is 5.61. The van der Waals surface area contributed by atoms with Crippen LogP contribution >= 0.6 is 0 Å². The topological polar surface area (TPSA) is 43.8 Å². The molecule has 0 radical (unpaired) electrons. The average molecular weight is 233 g/mol. The second-order valence-corrected chi connectivity index (χ2v) is 4.07. The molecule has 0 amide bonds. The number of hydrogen-bond donors (Lipinski definition) is 1. The van der Waals surface area contributed by atoms with E-state index in [1.807, 2.05) is 18.5 Å². The van der Waals surface area contributed by atoms with Gasteiger partial charge in [0.05, 0.1) is 5.69 Å². The van der Waals surface area contributed by atoms with Crippen molar-refractivity contribution in [2.24, 2.45) is 12.8 Å². The number of hydrogen-bond acceptors (Lipinski definition) is 2. The molecule has 0 aliphatic heterocycles. The van der Waals surface area contributed by atoms with E-state index in [1.165, 1.54) is 12.1 Å². The van der Waals surface area contributed by atoms with Crippen molar-refractivity contribution < 1.29 is 4.39 Å². The lowest BCUT2D eigenvalue weighted by Gasteiger charge is -2.05. The van der Waals surface area contributed by atoms with Gasteiger partial charge < -0.3 is 10.3 Å². The average Bonchev–Trinajstić information content (AvgIpc) is 2.59. The van der Waals surface area contributed by atoms with E-state index in [9.17, 15) is 4.39 Å². The van der Waals surface area contributed by atoms with Crippen molar-refractivity contribution in [1.82, 2.24) is 9.55 Å². The lowest BCUT2D eigenvalue weighted by Crippen LogP contribution is -2.08. The van der Waals surface area contributed by atoms with E-state index in [-0.39, 0.29) is 5.82 Å². The van der Waals surface area contributed by atoms with Crippen LogP contribution in [0.5, 0.6) is 0 Å². The van der Waals surface area contributed by atoms with E-state index < -0.39 is 0 Å². The molecule has 0 bridgehead atoms. The molecule has 0 aliphatic carbocycles. The van der Waals surface area contributed by atoms with Gasteiger partial charge in [-0.1, -0.05) is 0 Å². The first-order valence-corrected chi connectivity index (χ1v) is 5.61. The van der Waals surface area contributed by atoms with Crippen LogP contribution in [0.1, 0.15) is 11.4 Å². The Balaban J connectivity index is 2.46. The first-order chi connectivity index (χ1) is 8.13. The molecular formula is C13H16FN3. The third-order valence-corrected chi connectivity index (χ3v) is 2.90. The van der Waals surface area contributed by atoms with Gasteiger partial charge in [0, 0.05) is 24.7 Å². The zero-order valence-electron chi connectivity index (χ0n) is 10.1. The van der Waals surface area contributed by atoms with E-state index in [2.05, 4.69) is 4.98 Å². The van der Waals surface area contributed by atoms with Crippen LogP contribution in [0.4, 0.5) is 4.39 Å². The van der Waals surface area contributed by atoms with Crippen molar-refractivity contribution in [3.05, 3.63) is 41.5 Å². The van der Waals surface area contributed by atoms with E-state index in [1.54, 1.807) is 12.1 Å². The van der Waals surface area contributed by atoms with Crippen molar-refractivity contribution in [3.63, 3.8) is 0 Å². The quantitative estimate of drug-likeness (QED) is 0.881. The maximum absolute atomic E-state index is 12.9. The van der Waals surface area contributed by atoms with Crippen LogP contribution in [-0.4, -0.2) is 16.1 Å². The minimum absolute atomic E-state index is 0.234. The summed E-state index contributed by atoms with van der Waals surface area (Å²) in [5, 5.41) is 0. The zero-order chi connectivity index (χ0) is 12.4. The maximum Gasteiger partial charge on any atom is 0.140 e. The minimum atomic E-state index is -0.234. The molecule has 1 aromatic heterocycles. The van der Waals surface area contributed by atoms with E-state index in [0.717, 1.165) is 29.2 Å². The summed E-state index contributed by atoms with van der Waals surface area (Å²) in [7, 11) is 1.96. The predicted octanol–water partition coefficient (Wildman–Crippen LogP) is 2.04. The standard InChI is InChI=1S/C13H16FN3/c1-9-12(7-8-15)17(2)13(16-9)10-3-5-11(14)6-4-10/h3-6H,7-8,15H2,1-2H3. The van der Waals surface area contributed by atoms with Crippen LogP contribution in [0.25, 0.3) is 11.4 Å². The largest absolute Gasteiger partial charge is 0.331 e. The van der Waals surface area contributed by atoms with Crippen molar-refractivity contribution in [1.29, 1.82) is 0 Å². The van der Waals surface area contributed by atoms with E-state index in [0.29, 0.717) is 6.54 Å². The fourth-order valence-corrected chi connectivity index (χ4v) is 2.01. The Labute approximate surface area is 100 Å². The van der Waals surface area contributed by atoms with Crippen LogP contribution in [0, 0.1) is 12.7 Å². The molecule has 2 N–H and O–H groups in total. The van der Waals surface area contributed by atoms with Crippen molar-refractivity contribution in [2.45, 2.75) is 13.3 Å². The smallest absolute Gasteiger partial charge is 0.140 e. The lowest BCUT2D eigenvalue weighted by atomic mass is 10.2. The van der Waals surface area contributed by atoms with Gasteiger partial charge in [0.1, 0.15) is 11.6 Å². The van der Waals surface area contributed by atoms with Crippen molar-refractivity contribution >= 4 is 0 Å². The maximum atomic E-state index is 12.9. The number of aromatic nitrogens is 2. The second kappa shape index (κ2) is 4.67. The molecule has 17 heavy (non-hydrogen) atoms. The molecule has 3 nitrogen and oxygen atoms in total. The summed E-state index contributed by atoms with van der Waals surface area (Å²) in [5.74, 6) is 0.618. The minimum Gasteiger partial charge on any atom is -0.331 e. The number of nitrogens with zero attached hydrogens (tertiary/aromatic N) is 2. The summed E-state index contributed by atoms with van der Waals surface area (Å²) in [6.45, 7) is 2.57. The Morgan fingerprint density at radius 1 is 1.29 bits per heavy atom. The molecule has 0 atom stereocenters. The predicted molar refractivity (Wildman–Crippen MR) is 66.1 cm³/mol. The Hall–Kier alpha value is -1.68. The number of aryl methyl sites for hydroxylation is 1. The molecule has 2 rings (SSSR count). The lowest BCUT2D eigenvalue weighted by molar-refractivity contribution is 0.628. The van der Waals surface area contributed by atoms with Gasteiger partial charge in [-0.2, -0.15) is 0 Å². The summed E-state index contributed by atoms with van der Waals surface area (Å²) in [6.07, 6.45) is 0.802. The summed E-state index contributed by atoms with van der Waals surface area (Å²) in [4.78, 5) is 4.51. The summed E-state index contributed by atoms with van der Waals surface area (Å²) >= 11 is 0. The third-order valence-electron chi connectivity index (χ3n) is 2.90. The fraction of sp³-hybridized carbons (Fsp3) is 0.308. The van der Waals surface area contributed by atoms with Gasteiger partial charge in [0.15, 0.2) is 0 Å². The summed E-state index contributed by atoms with van der Waals surface area (Å²) < 4.78 is 14.9. The van der Waals surface area contributed by atoms with Gasteiger partial charge in [0.2, 0.25) is 0 Å². The highest BCUT2D eigenvalue weighted by Crippen LogP contribution is 2.21. The van der Waals surface area contributed by atoms with Gasteiger partial charge in [-0.3, -0.25) is 0 Å². The molecular weight excluding hydrogens is 217 g/mol. The van der Waals surface area contributed by atoms with Gasteiger partial charge in [-0.25, -0.2) is 9.37 Å². The summed E-state index contributed by atoms with van der Waals surface area (Å²) in [6, 6.07) is 6.37. The SMILES string of the molecule is Cc1nc(-c2ccc(F)cc2)n(C)c1CCN. The molecule has 0 spiro atoms. The molecule has 0 saturated carbocycles. The molecule has 4 heteroatoms. The number of nitrogens with two attached hydrogens (primary N) is 1. The normalized spacial score (nSPS) is 10.8. The fourth-order valence-electron chi connectivity index (χ4n) is 2.01. The van der Waals surface area contributed by atoms with E-state index in [4.69, 9.17) is 5.73 Å². The van der Waals surface area contributed by atoms with Gasteiger partial charge >= 0.3 is 0 Å². The molecule has 0 fully saturated rings. The Morgan fingerprint density at radius 3 is 2.53 bits per heavy atom. The molecule has 2 aromatic rings. The van der Waals surface area contributed by atoms with Gasteiger partial charge in [0.25, 0.3) is 0 Å². The number of rotatable bonds is 3. The Bertz CT molecular complexity index is 514.